The van der Waals surface area contributed by atoms with Gasteiger partial charge in [-0.05, 0) is 19.3 Å². The number of aliphatic hydroxyl groups is 2. The van der Waals surface area contributed by atoms with Crippen molar-refractivity contribution in [1.29, 1.82) is 0 Å². The maximum Gasteiger partial charge on any atom is 0.326 e. The van der Waals surface area contributed by atoms with Crippen LogP contribution in [0.25, 0.3) is 0 Å². The number of hydrogen-bond acceptors (Lipinski definition) is 9. The molecule has 0 heterocycles. The summed E-state index contributed by atoms with van der Waals surface area (Å²) in [5.41, 5.74) is 21.0. The SMILES string of the molecule is NC(=O)CCC(NC(=O)C(CO)NC(=O)C(CO)NC(=O)C(N)CCCN=C(N)N)C(=O)O. The smallest absolute Gasteiger partial charge is 0.326 e. The molecule has 33 heavy (non-hydrogen) atoms. The summed E-state index contributed by atoms with van der Waals surface area (Å²) in [6, 6.07) is -5.65. The third kappa shape index (κ3) is 12.2. The molecule has 0 aliphatic rings. The summed E-state index contributed by atoms with van der Waals surface area (Å²) in [5, 5.41) is 34.3. The zero-order chi connectivity index (χ0) is 25.6. The molecule has 4 atom stereocenters. The number of carboxylic acids is 1. The van der Waals surface area contributed by atoms with Crippen LogP contribution in [0.3, 0.4) is 0 Å². The summed E-state index contributed by atoms with van der Waals surface area (Å²) in [6.45, 7) is -1.54. The maximum atomic E-state index is 12.3. The molecule has 0 aliphatic carbocycles. The quantitative estimate of drug-likeness (QED) is 0.0568. The molecule has 0 aromatic carbocycles. The van der Waals surface area contributed by atoms with E-state index in [2.05, 4.69) is 20.9 Å². The van der Waals surface area contributed by atoms with Crippen molar-refractivity contribution in [2.24, 2.45) is 27.9 Å². The van der Waals surface area contributed by atoms with Gasteiger partial charge in [0.05, 0.1) is 19.3 Å². The fraction of sp³-hybridized carbons (Fsp3) is 0.647. The van der Waals surface area contributed by atoms with Crippen molar-refractivity contribution >= 4 is 35.6 Å². The molecular formula is C17H32N8O8. The molecule has 0 fully saturated rings. The minimum atomic E-state index is -1.60. The van der Waals surface area contributed by atoms with E-state index >= 15 is 0 Å². The second-order valence-electron chi connectivity index (χ2n) is 6.95. The Morgan fingerprint density at radius 2 is 1.27 bits per heavy atom. The van der Waals surface area contributed by atoms with Crippen molar-refractivity contribution in [2.45, 2.75) is 49.9 Å². The number of nitrogens with one attached hydrogen (secondary N) is 3. The number of carbonyl (C=O) groups excluding carboxylic acids is 4. The van der Waals surface area contributed by atoms with E-state index in [1.807, 2.05) is 0 Å². The average Bonchev–Trinajstić information content (AvgIpc) is 2.74. The van der Waals surface area contributed by atoms with E-state index in [1.54, 1.807) is 0 Å². The second-order valence-corrected chi connectivity index (χ2v) is 6.95. The summed E-state index contributed by atoms with van der Waals surface area (Å²) in [6.07, 6.45) is -0.0845. The van der Waals surface area contributed by atoms with Crippen LogP contribution in [0.1, 0.15) is 25.7 Å². The van der Waals surface area contributed by atoms with Crippen molar-refractivity contribution in [3.8, 4) is 0 Å². The first-order valence-corrected chi connectivity index (χ1v) is 9.87. The minimum Gasteiger partial charge on any atom is -0.480 e. The number of hydrogen-bond donors (Lipinski definition) is 10. The Bertz CT molecular complexity index is 728. The van der Waals surface area contributed by atoms with Crippen molar-refractivity contribution in [1.82, 2.24) is 16.0 Å². The van der Waals surface area contributed by atoms with Crippen LogP contribution < -0.4 is 38.9 Å². The Kier molecular flexibility index (Phi) is 13.7. The molecule has 0 saturated carbocycles. The number of nitrogens with two attached hydrogens (primary N) is 4. The number of carboxylic acid groups (broad SMARTS) is 1. The first-order chi connectivity index (χ1) is 15.4. The van der Waals surface area contributed by atoms with Crippen LogP contribution in [0, 0.1) is 0 Å². The highest BCUT2D eigenvalue weighted by atomic mass is 16.4. The summed E-state index contributed by atoms with van der Waals surface area (Å²) in [5.74, 6) is -5.22. The molecule has 0 aromatic heterocycles. The number of aliphatic imine (C=N–C) groups is 1. The van der Waals surface area contributed by atoms with Crippen LogP contribution in [0.5, 0.6) is 0 Å². The maximum absolute atomic E-state index is 12.3. The zero-order valence-corrected chi connectivity index (χ0v) is 17.9. The van der Waals surface area contributed by atoms with Gasteiger partial charge in [-0.3, -0.25) is 24.2 Å². The largest absolute Gasteiger partial charge is 0.480 e. The summed E-state index contributed by atoms with van der Waals surface area (Å²) < 4.78 is 0. The van der Waals surface area contributed by atoms with Gasteiger partial charge in [-0.1, -0.05) is 0 Å². The fourth-order valence-corrected chi connectivity index (χ4v) is 2.41. The molecule has 16 nitrogen and oxygen atoms in total. The van der Waals surface area contributed by atoms with E-state index < -0.39 is 67.0 Å². The number of nitrogens with zero attached hydrogens (tertiary/aromatic N) is 1. The van der Waals surface area contributed by atoms with Crippen molar-refractivity contribution in [3.63, 3.8) is 0 Å². The lowest BCUT2D eigenvalue weighted by atomic mass is 10.1. The first-order valence-electron chi connectivity index (χ1n) is 9.87. The molecule has 0 aliphatic heterocycles. The molecule has 0 rings (SSSR count). The van der Waals surface area contributed by atoms with Crippen molar-refractivity contribution < 1.29 is 39.3 Å². The molecular weight excluding hydrogens is 444 g/mol. The molecule has 0 bridgehead atoms. The van der Waals surface area contributed by atoms with E-state index in [1.165, 1.54) is 0 Å². The second kappa shape index (κ2) is 15.3. The number of rotatable bonds is 16. The third-order valence-corrected chi connectivity index (χ3v) is 4.23. The van der Waals surface area contributed by atoms with Crippen LogP contribution in [0.2, 0.25) is 0 Å². The average molecular weight is 476 g/mol. The third-order valence-electron chi connectivity index (χ3n) is 4.23. The Labute approximate surface area is 189 Å². The van der Waals surface area contributed by atoms with Crippen molar-refractivity contribution in [3.05, 3.63) is 0 Å². The first kappa shape index (κ1) is 29.5. The summed E-state index contributed by atoms with van der Waals surface area (Å²) >= 11 is 0. The van der Waals surface area contributed by atoms with Crippen LogP contribution >= 0.6 is 0 Å². The van der Waals surface area contributed by atoms with Gasteiger partial charge in [0.15, 0.2) is 5.96 Å². The van der Waals surface area contributed by atoms with Gasteiger partial charge in [-0.25, -0.2) is 4.79 Å². The monoisotopic (exact) mass is 476 g/mol. The highest BCUT2D eigenvalue weighted by Gasteiger charge is 2.29. The molecule has 4 amide bonds. The van der Waals surface area contributed by atoms with Crippen LogP contribution in [0.15, 0.2) is 4.99 Å². The van der Waals surface area contributed by atoms with E-state index in [-0.39, 0.29) is 31.8 Å². The normalized spacial score (nSPS) is 14.2. The standard InChI is InChI=1S/C17H32N8O8/c18-8(2-1-5-22-17(20)21)13(29)24-10(6-26)15(31)25-11(7-27)14(30)23-9(16(32)33)3-4-12(19)28/h8-11,26-27H,1-7,18H2,(H2,19,28)(H,23,30)(H,24,29)(H,25,31)(H,32,33)(H4,20,21,22). The Balaban J connectivity index is 4.90. The molecule has 0 aromatic rings. The molecule has 0 saturated heterocycles. The van der Waals surface area contributed by atoms with Gasteiger partial charge < -0.3 is 54.2 Å². The van der Waals surface area contributed by atoms with Gasteiger partial charge in [0.2, 0.25) is 23.6 Å². The molecule has 0 spiro atoms. The lowest BCUT2D eigenvalue weighted by Crippen LogP contribution is -2.59. The lowest BCUT2D eigenvalue weighted by molar-refractivity contribution is -0.143. The van der Waals surface area contributed by atoms with Crippen LogP contribution in [0.4, 0.5) is 0 Å². The molecule has 14 N–H and O–H groups in total. The minimum absolute atomic E-state index is 0.116. The van der Waals surface area contributed by atoms with Gasteiger partial charge >= 0.3 is 5.97 Å². The van der Waals surface area contributed by atoms with Crippen LogP contribution in [-0.4, -0.2) is 94.8 Å². The molecule has 188 valence electrons. The molecule has 0 radical (unpaired) electrons. The van der Waals surface area contributed by atoms with Gasteiger partial charge in [-0.15, -0.1) is 0 Å². The summed E-state index contributed by atoms with van der Waals surface area (Å²) in [7, 11) is 0. The van der Waals surface area contributed by atoms with E-state index in [0.717, 1.165) is 0 Å². The van der Waals surface area contributed by atoms with Gasteiger partial charge in [0.1, 0.15) is 18.1 Å². The van der Waals surface area contributed by atoms with Gasteiger partial charge in [-0.2, -0.15) is 0 Å². The van der Waals surface area contributed by atoms with Gasteiger partial charge in [0, 0.05) is 13.0 Å². The Morgan fingerprint density at radius 3 is 1.70 bits per heavy atom. The highest BCUT2D eigenvalue weighted by Crippen LogP contribution is 2.00. The molecule has 4 unspecified atom stereocenters. The number of aliphatic hydroxyl groups excluding tert-OH is 2. The Hall–Kier alpha value is -3.50. The topological polar surface area (TPSA) is 299 Å². The number of carbonyl (C=O) groups is 5. The van der Waals surface area contributed by atoms with E-state index in [0.29, 0.717) is 6.42 Å². The zero-order valence-electron chi connectivity index (χ0n) is 17.9. The number of aliphatic carboxylic acids is 1. The Morgan fingerprint density at radius 1 is 0.788 bits per heavy atom. The van der Waals surface area contributed by atoms with Crippen LogP contribution in [-0.2, 0) is 24.0 Å². The fourth-order valence-electron chi connectivity index (χ4n) is 2.41. The predicted molar refractivity (Wildman–Crippen MR) is 114 cm³/mol. The lowest BCUT2D eigenvalue weighted by Gasteiger charge is -2.23. The number of guanidine groups is 1. The number of amides is 4. The van der Waals surface area contributed by atoms with E-state index in [4.69, 9.17) is 28.0 Å². The predicted octanol–water partition coefficient (Wildman–Crippen LogP) is -5.84. The van der Waals surface area contributed by atoms with E-state index in [9.17, 15) is 34.2 Å². The van der Waals surface area contributed by atoms with Crippen molar-refractivity contribution in [2.75, 3.05) is 19.8 Å². The highest BCUT2D eigenvalue weighted by molar-refractivity contribution is 5.94. The summed E-state index contributed by atoms with van der Waals surface area (Å²) in [4.78, 5) is 62.5. The molecule has 16 heteroatoms. The van der Waals surface area contributed by atoms with Gasteiger partial charge in [0.25, 0.3) is 0 Å². The number of primary amides is 1.